The zero-order valence-electron chi connectivity index (χ0n) is 22.1. The van der Waals surface area contributed by atoms with Crippen LogP contribution in [-0.4, -0.2) is 12.2 Å². The second kappa shape index (κ2) is 11.6. The lowest BCUT2D eigenvalue weighted by Gasteiger charge is -2.24. The van der Waals surface area contributed by atoms with Crippen LogP contribution in [0.1, 0.15) is 81.8 Å². The van der Waals surface area contributed by atoms with Crippen LogP contribution in [0.3, 0.4) is 0 Å². The molecule has 0 radical (unpaired) electrons. The molecule has 0 amide bonds. The van der Waals surface area contributed by atoms with Gasteiger partial charge in [0.25, 0.3) is 0 Å². The van der Waals surface area contributed by atoms with Crippen molar-refractivity contribution in [2.75, 3.05) is 0 Å². The fourth-order valence-electron chi connectivity index (χ4n) is 6.50. The lowest BCUT2D eigenvalue weighted by molar-refractivity contribution is 0.157. The number of hydrogen-bond acceptors (Lipinski definition) is 2. The Labute approximate surface area is 222 Å². The third kappa shape index (κ3) is 5.64. The van der Waals surface area contributed by atoms with Crippen LogP contribution in [0.5, 0.6) is 11.5 Å². The molecular formula is C35H40O2. The lowest BCUT2D eigenvalue weighted by Crippen LogP contribution is -2.19. The normalized spacial score (nSPS) is 17.3. The summed E-state index contributed by atoms with van der Waals surface area (Å²) in [5.41, 5.74) is 2.85. The first-order chi connectivity index (χ1) is 18.3. The molecule has 2 aliphatic carbocycles. The van der Waals surface area contributed by atoms with Gasteiger partial charge < -0.3 is 9.47 Å². The van der Waals surface area contributed by atoms with Crippen molar-refractivity contribution in [2.45, 2.75) is 95.7 Å². The van der Waals surface area contributed by atoms with E-state index >= 15 is 0 Å². The topological polar surface area (TPSA) is 18.5 Å². The first kappa shape index (κ1) is 24.3. The predicted molar refractivity (Wildman–Crippen MR) is 155 cm³/mol. The highest BCUT2D eigenvalue weighted by atomic mass is 16.5. The summed E-state index contributed by atoms with van der Waals surface area (Å²) in [5.74, 6) is 2.12. The summed E-state index contributed by atoms with van der Waals surface area (Å²) >= 11 is 0. The quantitative estimate of drug-likeness (QED) is 0.244. The van der Waals surface area contributed by atoms with Gasteiger partial charge in [-0.05, 0) is 105 Å². The average molecular weight is 493 g/mol. The van der Waals surface area contributed by atoms with Gasteiger partial charge >= 0.3 is 0 Å². The molecular weight excluding hydrogens is 452 g/mol. The Morgan fingerprint density at radius 3 is 1.30 bits per heavy atom. The van der Waals surface area contributed by atoms with E-state index in [1.54, 1.807) is 0 Å². The van der Waals surface area contributed by atoms with E-state index in [2.05, 4.69) is 72.8 Å². The summed E-state index contributed by atoms with van der Waals surface area (Å²) in [6.07, 6.45) is 16.7. The molecule has 2 fully saturated rings. The number of rotatable bonds is 8. The minimum Gasteiger partial charge on any atom is -0.490 e. The van der Waals surface area contributed by atoms with E-state index in [4.69, 9.17) is 9.47 Å². The Morgan fingerprint density at radius 2 is 0.865 bits per heavy atom. The van der Waals surface area contributed by atoms with Crippen molar-refractivity contribution in [2.24, 2.45) is 0 Å². The maximum absolute atomic E-state index is 6.50. The van der Waals surface area contributed by atoms with Crippen molar-refractivity contribution in [3.05, 3.63) is 83.9 Å². The second-order valence-electron chi connectivity index (χ2n) is 11.1. The largest absolute Gasteiger partial charge is 0.490 e. The predicted octanol–water partition coefficient (Wildman–Crippen LogP) is 9.59. The molecule has 0 aromatic heterocycles. The Bertz CT molecular complexity index is 1220. The van der Waals surface area contributed by atoms with Gasteiger partial charge in [0.2, 0.25) is 0 Å². The molecule has 4 aromatic rings. The van der Waals surface area contributed by atoms with Crippen LogP contribution in [0.4, 0.5) is 0 Å². The summed E-state index contributed by atoms with van der Waals surface area (Å²) in [7, 11) is 0. The zero-order valence-corrected chi connectivity index (χ0v) is 22.1. The third-order valence-corrected chi connectivity index (χ3v) is 8.53. The molecule has 0 N–H and O–H groups in total. The Morgan fingerprint density at radius 1 is 0.459 bits per heavy atom. The van der Waals surface area contributed by atoms with Crippen molar-refractivity contribution in [1.82, 2.24) is 0 Å². The molecule has 2 nitrogen and oxygen atoms in total. The van der Waals surface area contributed by atoms with Gasteiger partial charge in [0.05, 0.1) is 12.2 Å². The van der Waals surface area contributed by atoms with Crippen molar-refractivity contribution >= 4 is 21.5 Å². The van der Waals surface area contributed by atoms with E-state index in [9.17, 15) is 0 Å². The molecule has 192 valence electrons. The molecule has 2 heteroatoms. The van der Waals surface area contributed by atoms with Crippen LogP contribution < -0.4 is 9.47 Å². The van der Waals surface area contributed by atoms with Crippen LogP contribution in [0.25, 0.3) is 21.5 Å². The minimum atomic E-state index is 0.376. The first-order valence-corrected chi connectivity index (χ1v) is 14.7. The zero-order chi connectivity index (χ0) is 24.9. The number of hydrogen-bond donors (Lipinski definition) is 0. The van der Waals surface area contributed by atoms with Crippen LogP contribution in [0, 0.1) is 0 Å². The lowest BCUT2D eigenvalue weighted by atomic mass is 9.95. The Balaban J connectivity index is 1.17. The summed E-state index contributed by atoms with van der Waals surface area (Å²) in [6.45, 7) is 0. The SMILES string of the molecule is c1ccc2c(OC3CCCCC3)ccc(CCCc3ccc(OC4CCCCC4)c4ccccc34)c2c1. The molecule has 6 rings (SSSR count). The minimum absolute atomic E-state index is 0.376. The first-order valence-electron chi connectivity index (χ1n) is 14.7. The summed E-state index contributed by atoms with van der Waals surface area (Å²) in [6, 6.07) is 26.7. The number of aryl methyl sites for hydroxylation is 2. The van der Waals surface area contributed by atoms with Crippen LogP contribution in [0.15, 0.2) is 72.8 Å². The average Bonchev–Trinajstić information content (AvgIpc) is 2.96. The Hall–Kier alpha value is -3.00. The standard InChI is InChI=1S/C35H40O2/c1-3-14-28(15-4-1)36-34-24-22-26(30-18-7-9-20-32(30)34)12-11-13-27-23-25-35(33-21-10-8-19-31(27)33)37-29-16-5-2-6-17-29/h7-10,18-25,28-29H,1-6,11-17H2. The highest BCUT2D eigenvalue weighted by molar-refractivity contribution is 5.92. The molecule has 0 saturated heterocycles. The van der Waals surface area contributed by atoms with Crippen LogP contribution in [-0.2, 0) is 12.8 Å². The van der Waals surface area contributed by atoms with Crippen LogP contribution >= 0.6 is 0 Å². The van der Waals surface area contributed by atoms with Gasteiger partial charge in [-0.2, -0.15) is 0 Å². The number of benzene rings is 4. The molecule has 2 aliphatic rings. The van der Waals surface area contributed by atoms with E-state index in [1.807, 2.05) is 0 Å². The molecule has 0 aliphatic heterocycles. The molecule has 0 spiro atoms. The van der Waals surface area contributed by atoms with Gasteiger partial charge in [-0.25, -0.2) is 0 Å². The van der Waals surface area contributed by atoms with Gasteiger partial charge in [-0.1, -0.05) is 73.5 Å². The van der Waals surface area contributed by atoms with E-state index in [1.165, 1.54) is 96.9 Å². The maximum Gasteiger partial charge on any atom is 0.127 e. The fraction of sp³-hybridized carbons (Fsp3) is 0.429. The molecule has 4 aromatic carbocycles. The van der Waals surface area contributed by atoms with Crippen LogP contribution in [0.2, 0.25) is 0 Å². The second-order valence-corrected chi connectivity index (χ2v) is 11.1. The van der Waals surface area contributed by atoms with Crippen molar-refractivity contribution in [1.29, 1.82) is 0 Å². The van der Waals surface area contributed by atoms with Gasteiger partial charge in [-0.15, -0.1) is 0 Å². The maximum atomic E-state index is 6.50. The summed E-state index contributed by atoms with van der Waals surface area (Å²) < 4.78 is 13.0. The number of ether oxygens (including phenoxy) is 2. The molecule has 2 saturated carbocycles. The van der Waals surface area contributed by atoms with Crippen molar-refractivity contribution in [3.8, 4) is 11.5 Å². The van der Waals surface area contributed by atoms with E-state index in [0.717, 1.165) is 30.8 Å². The highest BCUT2D eigenvalue weighted by Crippen LogP contribution is 2.34. The third-order valence-electron chi connectivity index (χ3n) is 8.53. The van der Waals surface area contributed by atoms with Gasteiger partial charge in [0.15, 0.2) is 0 Å². The molecule has 37 heavy (non-hydrogen) atoms. The molecule has 0 unspecified atom stereocenters. The highest BCUT2D eigenvalue weighted by Gasteiger charge is 2.18. The van der Waals surface area contributed by atoms with Crippen molar-refractivity contribution in [3.63, 3.8) is 0 Å². The van der Waals surface area contributed by atoms with E-state index in [-0.39, 0.29) is 0 Å². The fourth-order valence-corrected chi connectivity index (χ4v) is 6.50. The molecule has 0 heterocycles. The molecule has 0 atom stereocenters. The van der Waals surface area contributed by atoms with Gasteiger partial charge in [-0.3, -0.25) is 0 Å². The summed E-state index contributed by atoms with van der Waals surface area (Å²) in [4.78, 5) is 0. The smallest absolute Gasteiger partial charge is 0.127 e. The monoisotopic (exact) mass is 492 g/mol. The van der Waals surface area contributed by atoms with E-state index < -0.39 is 0 Å². The summed E-state index contributed by atoms with van der Waals surface area (Å²) in [5, 5.41) is 5.22. The number of fused-ring (bicyclic) bond motifs is 2. The van der Waals surface area contributed by atoms with Gasteiger partial charge in [0, 0.05) is 10.8 Å². The molecule has 0 bridgehead atoms. The van der Waals surface area contributed by atoms with Crippen molar-refractivity contribution < 1.29 is 9.47 Å². The van der Waals surface area contributed by atoms with E-state index in [0.29, 0.717) is 12.2 Å². The van der Waals surface area contributed by atoms with Gasteiger partial charge in [0.1, 0.15) is 11.5 Å². The Kier molecular flexibility index (Phi) is 7.62.